The van der Waals surface area contributed by atoms with Gasteiger partial charge in [0.15, 0.2) is 6.61 Å². The molecule has 0 saturated carbocycles. The first-order chi connectivity index (χ1) is 13.8. The molecular weight excluding hydrogens is 389 g/mol. The van der Waals surface area contributed by atoms with Gasteiger partial charge < -0.3 is 20.1 Å². The molecule has 3 heterocycles. The van der Waals surface area contributed by atoms with Crippen molar-refractivity contribution < 1.29 is 23.0 Å². The molecule has 1 fully saturated rings. The van der Waals surface area contributed by atoms with Crippen LogP contribution in [0.25, 0.3) is 16.6 Å². The molecule has 2 N–H and O–H groups in total. The van der Waals surface area contributed by atoms with Crippen LogP contribution in [0.1, 0.15) is 18.5 Å². The van der Waals surface area contributed by atoms with E-state index in [0.29, 0.717) is 11.7 Å². The van der Waals surface area contributed by atoms with Crippen molar-refractivity contribution >= 4 is 23.3 Å². The molecule has 1 aliphatic heterocycles. The molecular formula is C18H21F3N6O2. The second-order valence-corrected chi connectivity index (χ2v) is 6.69. The molecule has 1 saturated heterocycles. The number of rotatable bonds is 7. The quantitative estimate of drug-likeness (QED) is 0.677. The molecule has 0 bridgehead atoms. The Morgan fingerprint density at radius 2 is 2.28 bits per heavy atom. The minimum atomic E-state index is -4.56. The topological polar surface area (TPSA) is 95.8 Å². The zero-order valence-corrected chi connectivity index (χ0v) is 15.8. The van der Waals surface area contributed by atoms with Crippen LogP contribution in [0.4, 0.5) is 13.2 Å². The number of hydrogen-bond donors (Lipinski definition) is 2. The number of nitrogens with zero attached hydrogens (tertiary/aromatic N) is 5. The fourth-order valence-electron chi connectivity index (χ4n) is 3.12. The zero-order valence-electron chi connectivity index (χ0n) is 15.8. The molecule has 1 unspecified atom stereocenters. The lowest BCUT2D eigenvalue weighted by Gasteiger charge is -2.20. The SMILES string of the molecule is C=N/C(=C\N(C)CC1CCCN1)c1nccc2c(O)nc(OCC(F)(F)F)nc12. The summed E-state index contributed by atoms with van der Waals surface area (Å²) in [5, 5.41) is 13.7. The van der Waals surface area contributed by atoms with E-state index in [4.69, 9.17) is 0 Å². The number of alkyl halides is 3. The van der Waals surface area contributed by atoms with Crippen molar-refractivity contribution in [3.8, 4) is 11.9 Å². The Bertz CT molecular complexity index is 912. The summed E-state index contributed by atoms with van der Waals surface area (Å²) in [4.78, 5) is 17.7. The summed E-state index contributed by atoms with van der Waals surface area (Å²) in [5.41, 5.74) is 0.720. The van der Waals surface area contributed by atoms with Crippen LogP contribution in [0.5, 0.6) is 11.9 Å². The molecule has 11 heteroatoms. The maximum absolute atomic E-state index is 12.4. The minimum absolute atomic E-state index is 0.114. The number of likely N-dealkylation sites (N-methyl/N-ethyl adjacent to an activating group) is 1. The maximum Gasteiger partial charge on any atom is 0.422 e. The predicted molar refractivity (Wildman–Crippen MR) is 102 cm³/mol. The van der Waals surface area contributed by atoms with Gasteiger partial charge in [0.25, 0.3) is 0 Å². The van der Waals surface area contributed by atoms with Crippen LogP contribution >= 0.6 is 0 Å². The van der Waals surface area contributed by atoms with E-state index in [9.17, 15) is 18.3 Å². The minimum Gasteiger partial charge on any atom is -0.493 e. The Morgan fingerprint density at radius 1 is 1.48 bits per heavy atom. The van der Waals surface area contributed by atoms with Gasteiger partial charge in [-0.2, -0.15) is 23.1 Å². The number of aliphatic imine (C=N–C) groups is 1. The van der Waals surface area contributed by atoms with E-state index in [0.717, 1.165) is 25.9 Å². The summed E-state index contributed by atoms with van der Waals surface area (Å²) in [6.07, 6.45) is 0.786. The van der Waals surface area contributed by atoms with Gasteiger partial charge in [0, 0.05) is 32.0 Å². The molecule has 1 atom stereocenters. The highest BCUT2D eigenvalue weighted by atomic mass is 19.4. The van der Waals surface area contributed by atoms with Gasteiger partial charge in [-0.1, -0.05) is 0 Å². The second kappa shape index (κ2) is 8.60. The van der Waals surface area contributed by atoms with Crippen molar-refractivity contribution in [1.82, 2.24) is 25.2 Å². The van der Waals surface area contributed by atoms with E-state index in [1.54, 1.807) is 6.20 Å². The van der Waals surface area contributed by atoms with Crippen molar-refractivity contribution in [2.75, 3.05) is 26.7 Å². The normalized spacial score (nSPS) is 17.5. The Kier molecular flexibility index (Phi) is 6.16. The molecule has 0 amide bonds. The maximum atomic E-state index is 12.4. The van der Waals surface area contributed by atoms with E-state index in [1.165, 1.54) is 12.3 Å². The first kappa shape index (κ1) is 20.8. The molecule has 0 spiro atoms. The lowest BCUT2D eigenvalue weighted by molar-refractivity contribution is -0.154. The Labute approximate surface area is 165 Å². The number of pyridine rings is 1. The number of fused-ring (bicyclic) bond motifs is 1. The van der Waals surface area contributed by atoms with E-state index in [-0.39, 0.29) is 16.6 Å². The molecule has 156 valence electrons. The fraction of sp³-hybridized carbons (Fsp3) is 0.444. The largest absolute Gasteiger partial charge is 0.493 e. The molecule has 0 aromatic carbocycles. The highest BCUT2D eigenvalue weighted by Gasteiger charge is 2.29. The molecule has 2 aromatic heterocycles. The van der Waals surface area contributed by atoms with E-state index in [1.807, 2.05) is 11.9 Å². The highest BCUT2D eigenvalue weighted by molar-refractivity contribution is 5.92. The third-order valence-electron chi connectivity index (χ3n) is 4.37. The standard InChI is InChI=1S/C18H21F3N6O2/c1-22-13(9-27(2)8-11-4-3-6-23-11)15-14-12(5-7-24-15)16(28)26-17(25-14)29-10-18(19,20)21/h5,7,9,11,23H,1,3-4,6,8,10H2,2H3,(H,25,26,28)/b13-9-. The Hall–Kier alpha value is -2.95. The van der Waals surface area contributed by atoms with Crippen LogP contribution in [0.3, 0.4) is 0 Å². The summed E-state index contributed by atoms with van der Waals surface area (Å²) >= 11 is 0. The van der Waals surface area contributed by atoms with Crippen LogP contribution in [0, 0.1) is 0 Å². The summed E-state index contributed by atoms with van der Waals surface area (Å²) < 4.78 is 41.9. The number of nitrogens with one attached hydrogen (secondary N) is 1. The lowest BCUT2D eigenvalue weighted by Crippen LogP contribution is -2.32. The van der Waals surface area contributed by atoms with Gasteiger partial charge in [-0.05, 0) is 32.2 Å². The fourth-order valence-corrected chi connectivity index (χ4v) is 3.12. The number of aromatic hydroxyl groups is 1. The van der Waals surface area contributed by atoms with Crippen molar-refractivity contribution in [2.45, 2.75) is 25.1 Å². The van der Waals surface area contributed by atoms with Crippen LogP contribution in [-0.4, -0.2) is 70.6 Å². The number of hydrogen-bond acceptors (Lipinski definition) is 8. The monoisotopic (exact) mass is 410 g/mol. The summed E-state index contributed by atoms with van der Waals surface area (Å²) in [7, 11) is 1.88. The average molecular weight is 410 g/mol. The first-order valence-corrected chi connectivity index (χ1v) is 8.94. The predicted octanol–water partition coefficient (Wildman–Crippen LogP) is 2.35. The Balaban J connectivity index is 1.94. The molecule has 0 aliphatic carbocycles. The molecule has 1 aliphatic rings. The number of ether oxygens (including phenoxy) is 1. The van der Waals surface area contributed by atoms with E-state index in [2.05, 4.69) is 36.7 Å². The number of halogens is 3. The van der Waals surface area contributed by atoms with Crippen molar-refractivity contribution in [1.29, 1.82) is 0 Å². The highest BCUT2D eigenvalue weighted by Crippen LogP contribution is 2.29. The average Bonchev–Trinajstić information content (AvgIpc) is 3.16. The van der Waals surface area contributed by atoms with Crippen LogP contribution in [-0.2, 0) is 0 Å². The van der Waals surface area contributed by atoms with Gasteiger partial charge in [0.05, 0.1) is 5.39 Å². The smallest absolute Gasteiger partial charge is 0.422 e. The summed E-state index contributed by atoms with van der Waals surface area (Å²) in [6.45, 7) is 3.70. The van der Waals surface area contributed by atoms with Crippen molar-refractivity contribution in [3.63, 3.8) is 0 Å². The lowest BCUT2D eigenvalue weighted by atomic mass is 10.2. The summed E-state index contributed by atoms with van der Waals surface area (Å²) in [5.74, 6) is -0.511. The third kappa shape index (κ3) is 5.31. The van der Waals surface area contributed by atoms with Gasteiger partial charge in [-0.25, -0.2) is 0 Å². The van der Waals surface area contributed by atoms with E-state index >= 15 is 0 Å². The van der Waals surface area contributed by atoms with Crippen LogP contribution < -0.4 is 10.1 Å². The van der Waals surface area contributed by atoms with E-state index < -0.39 is 24.7 Å². The van der Waals surface area contributed by atoms with Crippen LogP contribution in [0.15, 0.2) is 23.5 Å². The van der Waals surface area contributed by atoms with Gasteiger partial charge >= 0.3 is 12.2 Å². The van der Waals surface area contributed by atoms with Gasteiger partial charge in [-0.15, -0.1) is 0 Å². The molecule has 0 radical (unpaired) electrons. The first-order valence-electron chi connectivity index (χ1n) is 8.94. The van der Waals surface area contributed by atoms with Gasteiger partial charge in [0.1, 0.15) is 16.9 Å². The molecule has 29 heavy (non-hydrogen) atoms. The van der Waals surface area contributed by atoms with Gasteiger partial charge in [0.2, 0.25) is 5.88 Å². The van der Waals surface area contributed by atoms with Crippen molar-refractivity contribution in [2.24, 2.45) is 4.99 Å². The summed E-state index contributed by atoms with van der Waals surface area (Å²) in [6, 6.07) is 1.21. The van der Waals surface area contributed by atoms with Crippen LogP contribution in [0.2, 0.25) is 0 Å². The van der Waals surface area contributed by atoms with Crippen molar-refractivity contribution in [3.05, 3.63) is 24.2 Å². The molecule has 3 rings (SSSR count). The number of aromatic nitrogens is 3. The third-order valence-corrected chi connectivity index (χ3v) is 4.37. The molecule has 2 aromatic rings. The Morgan fingerprint density at radius 3 is 2.93 bits per heavy atom. The second-order valence-electron chi connectivity index (χ2n) is 6.69. The van der Waals surface area contributed by atoms with Gasteiger partial charge in [-0.3, -0.25) is 9.98 Å². The molecule has 8 nitrogen and oxygen atoms in total. The zero-order chi connectivity index (χ0) is 21.0.